The average molecular weight is 293 g/mol. The Morgan fingerprint density at radius 2 is 1.86 bits per heavy atom. The molecule has 0 aliphatic heterocycles. The lowest BCUT2D eigenvalue weighted by atomic mass is 10.0. The molecule has 3 aromatic rings. The minimum absolute atomic E-state index is 0.126. The van der Waals surface area contributed by atoms with E-state index in [-0.39, 0.29) is 11.6 Å². The van der Waals surface area contributed by atoms with E-state index in [1.807, 2.05) is 36.4 Å². The summed E-state index contributed by atoms with van der Waals surface area (Å²) >= 11 is 0. The van der Waals surface area contributed by atoms with E-state index in [4.69, 9.17) is 5.73 Å². The van der Waals surface area contributed by atoms with Crippen LogP contribution in [0.3, 0.4) is 0 Å². The molecule has 0 fully saturated rings. The van der Waals surface area contributed by atoms with E-state index in [2.05, 4.69) is 24.0 Å². The summed E-state index contributed by atoms with van der Waals surface area (Å²) < 4.78 is 1.70. The van der Waals surface area contributed by atoms with Crippen LogP contribution in [0.15, 0.2) is 59.5 Å². The Morgan fingerprint density at radius 3 is 2.59 bits per heavy atom. The highest BCUT2D eigenvalue weighted by Crippen LogP contribution is 2.16. The fourth-order valence-corrected chi connectivity index (χ4v) is 2.61. The molecule has 3 rings (SSSR count). The Bertz CT molecular complexity index is 837. The summed E-state index contributed by atoms with van der Waals surface area (Å²) in [5.74, 6) is 0. The van der Waals surface area contributed by atoms with Gasteiger partial charge in [0.2, 0.25) is 0 Å². The molecule has 112 valence electrons. The van der Waals surface area contributed by atoms with Crippen LogP contribution in [-0.4, -0.2) is 9.55 Å². The van der Waals surface area contributed by atoms with Crippen LogP contribution in [0.25, 0.3) is 11.0 Å². The van der Waals surface area contributed by atoms with Crippen molar-refractivity contribution in [2.45, 2.75) is 25.9 Å². The van der Waals surface area contributed by atoms with Gasteiger partial charge in [-0.1, -0.05) is 43.3 Å². The highest BCUT2D eigenvalue weighted by molar-refractivity contribution is 5.74. The second-order valence-corrected chi connectivity index (χ2v) is 5.40. The van der Waals surface area contributed by atoms with Gasteiger partial charge in [0.25, 0.3) is 5.56 Å². The number of hydrogen-bond donors (Lipinski definition) is 1. The quantitative estimate of drug-likeness (QED) is 0.804. The number of aromatic nitrogens is 2. The Balaban J connectivity index is 1.95. The molecular weight excluding hydrogens is 274 g/mol. The largest absolute Gasteiger partial charge is 0.322 e. The summed E-state index contributed by atoms with van der Waals surface area (Å²) in [5.41, 5.74) is 10.1. The molecule has 0 spiro atoms. The predicted molar refractivity (Wildman–Crippen MR) is 88.8 cm³/mol. The third kappa shape index (κ3) is 2.78. The molecular formula is C18H19N3O. The van der Waals surface area contributed by atoms with Crippen molar-refractivity contribution in [2.75, 3.05) is 0 Å². The molecule has 2 aromatic carbocycles. The second-order valence-electron chi connectivity index (χ2n) is 5.40. The third-order valence-corrected chi connectivity index (χ3v) is 3.95. The second kappa shape index (κ2) is 6.12. The Hall–Kier alpha value is -2.46. The van der Waals surface area contributed by atoms with Crippen LogP contribution in [0.5, 0.6) is 0 Å². The van der Waals surface area contributed by atoms with E-state index in [1.165, 1.54) is 11.8 Å². The van der Waals surface area contributed by atoms with Crippen LogP contribution in [0.4, 0.5) is 0 Å². The van der Waals surface area contributed by atoms with Gasteiger partial charge in [0.15, 0.2) is 0 Å². The van der Waals surface area contributed by atoms with E-state index in [0.717, 1.165) is 23.0 Å². The number of benzene rings is 2. The fourth-order valence-electron chi connectivity index (χ4n) is 2.61. The number of nitrogens with two attached hydrogens (primary N) is 1. The molecule has 4 nitrogen and oxygen atoms in total. The van der Waals surface area contributed by atoms with Crippen LogP contribution in [0, 0.1) is 0 Å². The lowest BCUT2D eigenvalue weighted by Crippen LogP contribution is -2.27. The van der Waals surface area contributed by atoms with Crippen molar-refractivity contribution in [1.82, 2.24) is 9.55 Å². The van der Waals surface area contributed by atoms with Crippen LogP contribution >= 0.6 is 0 Å². The zero-order valence-electron chi connectivity index (χ0n) is 12.6. The normalized spacial score (nSPS) is 12.5. The van der Waals surface area contributed by atoms with Gasteiger partial charge in [-0.2, -0.15) is 0 Å². The van der Waals surface area contributed by atoms with Crippen LogP contribution in [0.2, 0.25) is 0 Å². The molecule has 1 unspecified atom stereocenters. The highest BCUT2D eigenvalue weighted by atomic mass is 16.1. The number of nitrogens with zero attached hydrogens (tertiary/aromatic N) is 2. The van der Waals surface area contributed by atoms with Crippen LogP contribution < -0.4 is 11.3 Å². The van der Waals surface area contributed by atoms with Crippen LogP contribution in [0.1, 0.15) is 24.1 Å². The van der Waals surface area contributed by atoms with Crippen molar-refractivity contribution in [3.63, 3.8) is 0 Å². The van der Waals surface area contributed by atoms with Gasteiger partial charge in [-0.25, -0.2) is 4.98 Å². The van der Waals surface area contributed by atoms with Crippen molar-refractivity contribution in [3.05, 3.63) is 76.2 Å². The summed E-state index contributed by atoms with van der Waals surface area (Å²) in [6.07, 6.45) is 2.36. The van der Waals surface area contributed by atoms with Gasteiger partial charge in [0.1, 0.15) is 0 Å². The first-order chi connectivity index (χ1) is 10.7. The molecule has 0 radical (unpaired) electrons. The standard InChI is InChI=1S/C18H19N3O/c1-2-13-7-9-14(10-8-13)15(19)12-21-17-6-4-3-5-16(17)20-11-18(21)22/h3-11,15H,2,12,19H2,1H3. The molecule has 4 heteroatoms. The Kier molecular flexibility index (Phi) is 4.02. The number of aryl methyl sites for hydroxylation is 1. The van der Waals surface area contributed by atoms with E-state index >= 15 is 0 Å². The number of rotatable bonds is 4. The van der Waals surface area contributed by atoms with Gasteiger partial charge < -0.3 is 10.3 Å². The Morgan fingerprint density at radius 1 is 1.14 bits per heavy atom. The van der Waals surface area contributed by atoms with Crippen molar-refractivity contribution in [2.24, 2.45) is 5.73 Å². The monoisotopic (exact) mass is 293 g/mol. The van der Waals surface area contributed by atoms with Gasteiger partial charge >= 0.3 is 0 Å². The van der Waals surface area contributed by atoms with Gasteiger partial charge in [-0.15, -0.1) is 0 Å². The maximum atomic E-state index is 12.1. The topological polar surface area (TPSA) is 60.9 Å². The molecule has 1 atom stereocenters. The summed E-state index contributed by atoms with van der Waals surface area (Å²) in [6, 6.07) is 15.6. The number of para-hydroxylation sites is 2. The SMILES string of the molecule is CCc1ccc(C(N)Cn2c(=O)cnc3ccccc32)cc1. The number of fused-ring (bicyclic) bond motifs is 1. The van der Waals surface area contributed by atoms with Crippen molar-refractivity contribution in [1.29, 1.82) is 0 Å². The summed E-state index contributed by atoms with van der Waals surface area (Å²) in [6.45, 7) is 2.56. The van der Waals surface area contributed by atoms with Crippen molar-refractivity contribution >= 4 is 11.0 Å². The van der Waals surface area contributed by atoms with Crippen molar-refractivity contribution in [3.8, 4) is 0 Å². The van der Waals surface area contributed by atoms with Crippen LogP contribution in [-0.2, 0) is 13.0 Å². The molecule has 0 saturated carbocycles. The summed E-state index contributed by atoms with van der Waals surface area (Å²) in [5, 5.41) is 0. The smallest absolute Gasteiger partial charge is 0.269 e. The predicted octanol–water partition coefficient (Wildman–Crippen LogP) is 2.66. The van der Waals surface area contributed by atoms with E-state index < -0.39 is 0 Å². The molecule has 1 aromatic heterocycles. The lowest BCUT2D eigenvalue weighted by Gasteiger charge is -2.16. The molecule has 0 amide bonds. The molecule has 22 heavy (non-hydrogen) atoms. The first kappa shape index (κ1) is 14.5. The van der Waals surface area contributed by atoms with Gasteiger partial charge in [0.05, 0.1) is 17.2 Å². The van der Waals surface area contributed by atoms with Crippen molar-refractivity contribution < 1.29 is 0 Å². The van der Waals surface area contributed by atoms with Gasteiger partial charge in [-0.05, 0) is 29.7 Å². The highest BCUT2D eigenvalue weighted by Gasteiger charge is 2.10. The third-order valence-electron chi connectivity index (χ3n) is 3.95. The molecule has 0 bridgehead atoms. The number of hydrogen-bond acceptors (Lipinski definition) is 3. The van der Waals surface area contributed by atoms with E-state index in [1.54, 1.807) is 4.57 Å². The Labute approximate surface area is 129 Å². The van der Waals surface area contributed by atoms with E-state index in [9.17, 15) is 4.79 Å². The summed E-state index contributed by atoms with van der Waals surface area (Å²) in [7, 11) is 0. The van der Waals surface area contributed by atoms with Gasteiger partial charge in [0, 0.05) is 12.6 Å². The maximum Gasteiger partial charge on any atom is 0.269 e. The minimum atomic E-state index is -0.227. The average Bonchev–Trinajstić information content (AvgIpc) is 2.57. The minimum Gasteiger partial charge on any atom is -0.322 e. The molecule has 1 heterocycles. The maximum absolute atomic E-state index is 12.1. The summed E-state index contributed by atoms with van der Waals surface area (Å²) in [4.78, 5) is 16.3. The molecule has 0 aliphatic rings. The first-order valence-electron chi connectivity index (χ1n) is 7.48. The van der Waals surface area contributed by atoms with E-state index in [0.29, 0.717) is 6.54 Å². The lowest BCUT2D eigenvalue weighted by molar-refractivity contribution is 0.575. The van der Waals surface area contributed by atoms with Gasteiger partial charge in [-0.3, -0.25) is 4.79 Å². The zero-order chi connectivity index (χ0) is 15.5. The molecule has 0 aliphatic carbocycles. The zero-order valence-corrected chi connectivity index (χ0v) is 12.6. The molecule has 2 N–H and O–H groups in total. The molecule has 0 saturated heterocycles. The first-order valence-corrected chi connectivity index (χ1v) is 7.48. The fraction of sp³-hybridized carbons (Fsp3) is 0.222.